The fraction of sp³-hybridized carbons (Fsp3) is 0.364. The number of benzene rings is 2. The molecule has 1 heterocycles. The summed E-state index contributed by atoms with van der Waals surface area (Å²) in [4.78, 5) is 18.6. The summed E-state index contributed by atoms with van der Waals surface area (Å²) in [7, 11) is 3.41. The molecular formula is C22H29ClIN5O2. The lowest BCUT2D eigenvalue weighted by Crippen LogP contribution is -2.46. The number of halogens is 2. The quantitative estimate of drug-likeness (QED) is 0.211. The van der Waals surface area contributed by atoms with Crippen LogP contribution in [0.4, 0.5) is 5.69 Å². The van der Waals surface area contributed by atoms with E-state index in [1.807, 2.05) is 36.4 Å². The molecule has 1 fully saturated rings. The molecule has 1 saturated heterocycles. The van der Waals surface area contributed by atoms with Gasteiger partial charge in [-0.15, -0.1) is 24.0 Å². The maximum absolute atomic E-state index is 12.1. The summed E-state index contributed by atoms with van der Waals surface area (Å²) in [5, 5.41) is 10.3. The molecule has 7 nitrogen and oxygen atoms in total. The van der Waals surface area contributed by atoms with Crippen LogP contribution in [0.25, 0.3) is 0 Å². The average Bonchev–Trinajstić information content (AvgIpc) is 3.24. The SMILES string of the molecule is CN=C(NCCNC(=O)c1ccccc1)NC1CCN(c2cc(Cl)ccc2OC)C1.I. The van der Waals surface area contributed by atoms with E-state index in [2.05, 4.69) is 25.8 Å². The smallest absolute Gasteiger partial charge is 0.251 e. The van der Waals surface area contributed by atoms with Crippen LogP contribution in [0.2, 0.25) is 5.02 Å². The van der Waals surface area contributed by atoms with Gasteiger partial charge in [-0.05, 0) is 36.8 Å². The number of hydrogen-bond donors (Lipinski definition) is 3. The van der Waals surface area contributed by atoms with Gasteiger partial charge in [0.25, 0.3) is 5.91 Å². The second-order valence-electron chi connectivity index (χ2n) is 7.01. The van der Waals surface area contributed by atoms with Gasteiger partial charge in [0.15, 0.2) is 5.96 Å². The number of carbonyl (C=O) groups excluding carboxylic acids is 1. The first-order chi connectivity index (χ1) is 14.6. The van der Waals surface area contributed by atoms with Gasteiger partial charge in [-0.2, -0.15) is 0 Å². The van der Waals surface area contributed by atoms with E-state index in [-0.39, 0.29) is 35.9 Å². The van der Waals surface area contributed by atoms with E-state index in [1.165, 1.54) is 0 Å². The Labute approximate surface area is 205 Å². The zero-order valence-electron chi connectivity index (χ0n) is 17.7. The summed E-state index contributed by atoms with van der Waals surface area (Å²) in [5.41, 5.74) is 1.66. The third-order valence-corrected chi connectivity index (χ3v) is 5.21. The van der Waals surface area contributed by atoms with Crippen LogP contribution in [0.5, 0.6) is 5.75 Å². The van der Waals surface area contributed by atoms with Crippen LogP contribution >= 0.6 is 35.6 Å². The van der Waals surface area contributed by atoms with Crippen LogP contribution in [-0.2, 0) is 0 Å². The zero-order valence-corrected chi connectivity index (χ0v) is 20.8. The first-order valence-corrected chi connectivity index (χ1v) is 10.4. The van der Waals surface area contributed by atoms with Gasteiger partial charge in [0.05, 0.1) is 12.8 Å². The molecule has 0 aliphatic carbocycles. The second-order valence-corrected chi connectivity index (χ2v) is 7.45. The van der Waals surface area contributed by atoms with Crippen molar-refractivity contribution in [3.05, 3.63) is 59.1 Å². The lowest BCUT2D eigenvalue weighted by molar-refractivity contribution is 0.0954. The highest BCUT2D eigenvalue weighted by Gasteiger charge is 2.25. The van der Waals surface area contributed by atoms with Crippen LogP contribution in [0.3, 0.4) is 0 Å². The summed E-state index contributed by atoms with van der Waals surface area (Å²) < 4.78 is 5.48. The molecule has 3 rings (SSSR count). The topological polar surface area (TPSA) is 78.0 Å². The van der Waals surface area contributed by atoms with Gasteiger partial charge in [0.1, 0.15) is 5.75 Å². The Morgan fingerprint density at radius 3 is 2.65 bits per heavy atom. The van der Waals surface area contributed by atoms with Crippen LogP contribution in [0.15, 0.2) is 53.5 Å². The molecule has 1 atom stereocenters. The van der Waals surface area contributed by atoms with E-state index in [1.54, 1.807) is 26.3 Å². The Balaban J connectivity index is 0.00000341. The van der Waals surface area contributed by atoms with E-state index >= 15 is 0 Å². The monoisotopic (exact) mass is 557 g/mol. The minimum Gasteiger partial charge on any atom is -0.495 e. The fourth-order valence-corrected chi connectivity index (χ4v) is 3.61. The van der Waals surface area contributed by atoms with Gasteiger partial charge < -0.3 is 25.6 Å². The molecule has 9 heteroatoms. The normalized spacial score (nSPS) is 15.8. The molecule has 0 saturated carbocycles. The third kappa shape index (κ3) is 7.17. The van der Waals surface area contributed by atoms with Crippen LogP contribution in [0, 0.1) is 0 Å². The van der Waals surface area contributed by atoms with Gasteiger partial charge in [-0.3, -0.25) is 9.79 Å². The Kier molecular flexibility index (Phi) is 10.2. The summed E-state index contributed by atoms with van der Waals surface area (Å²) >= 11 is 6.17. The van der Waals surface area contributed by atoms with Crippen molar-refractivity contribution in [3.63, 3.8) is 0 Å². The van der Waals surface area contributed by atoms with Gasteiger partial charge >= 0.3 is 0 Å². The average molecular weight is 558 g/mol. The summed E-state index contributed by atoms with van der Waals surface area (Å²) in [5.74, 6) is 1.45. The molecule has 0 spiro atoms. The molecule has 0 radical (unpaired) electrons. The van der Waals surface area contributed by atoms with E-state index in [4.69, 9.17) is 16.3 Å². The van der Waals surface area contributed by atoms with Gasteiger partial charge in [0, 0.05) is 49.9 Å². The first-order valence-electron chi connectivity index (χ1n) is 9.99. The number of nitrogens with zero attached hydrogens (tertiary/aromatic N) is 2. The van der Waals surface area contributed by atoms with Gasteiger partial charge in [0.2, 0.25) is 0 Å². The molecule has 0 bridgehead atoms. The Hall–Kier alpha value is -2.20. The number of carbonyl (C=O) groups is 1. The Bertz CT molecular complexity index is 881. The number of nitrogens with one attached hydrogen (secondary N) is 3. The molecule has 31 heavy (non-hydrogen) atoms. The molecule has 1 aliphatic heterocycles. The predicted octanol–water partition coefficient (Wildman–Crippen LogP) is 3.14. The van der Waals surface area contributed by atoms with Crippen molar-refractivity contribution in [1.82, 2.24) is 16.0 Å². The van der Waals surface area contributed by atoms with Crippen molar-refractivity contribution in [1.29, 1.82) is 0 Å². The summed E-state index contributed by atoms with van der Waals surface area (Å²) in [6.07, 6.45) is 0.973. The maximum Gasteiger partial charge on any atom is 0.251 e. The number of methoxy groups -OCH3 is 1. The maximum atomic E-state index is 12.1. The highest BCUT2D eigenvalue weighted by molar-refractivity contribution is 14.0. The molecule has 3 N–H and O–H groups in total. The van der Waals surface area contributed by atoms with E-state index in [0.717, 1.165) is 30.9 Å². The summed E-state index contributed by atoms with van der Waals surface area (Å²) in [6.45, 7) is 2.81. The molecule has 0 aromatic heterocycles. The lowest BCUT2D eigenvalue weighted by atomic mass is 10.2. The second kappa shape index (κ2) is 12.6. The number of amides is 1. The highest BCUT2D eigenvalue weighted by Crippen LogP contribution is 2.33. The molecular weight excluding hydrogens is 529 g/mol. The number of anilines is 1. The molecule has 1 aliphatic rings. The third-order valence-electron chi connectivity index (χ3n) is 4.97. The standard InChI is InChI=1S/C22H28ClN5O2.HI/c1-24-22(26-12-11-25-21(29)16-6-4-3-5-7-16)27-18-10-13-28(15-18)19-14-17(23)8-9-20(19)30-2;/h3-9,14,18H,10-13,15H2,1-2H3,(H,25,29)(H2,24,26,27);1H. The molecule has 168 valence electrons. The van der Waals surface area contributed by atoms with Crippen LogP contribution in [-0.4, -0.2) is 58.2 Å². The van der Waals surface area contributed by atoms with Crippen molar-refractivity contribution < 1.29 is 9.53 Å². The molecule has 1 unspecified atom stereocenters. The van der Waals surface area contributed by atoms with Crippen molar-refractivity contribution >= 4 is 53.1 Å². The Morgan fingerprint density at radius 2 is 1.94 bits per heavy atom. The summed E-state index contributed by atoms with van der Waals surface area (Å²) in [6, 6.07) is 15.1. The number of guanidine groups is 1. The number of hydrogen-bond acceptors (Lipinski definition) is 4. The van der Waals surface area contributed by atoms with Crippen molar-refractivity contribution in [2.45, 2.75) is 12.5 Å². The molecule has 2 aromatic rings. The molecule has 1 amide bonds. The van der Waals surface area contributed by atoms with Gasteiger partial charge in [-0.25, -0.2) is 0 Å². The van der Waals surface area contributed by atoms with Crippen molar-refractivity contribution in [2.24, 2.45) is 4.99 Å². The number of aliphatic imine (C=N–C) groups is 1. The largest absolute Gasteiger partial charge is 0.495 e. The van der Waals surface area contributed by atoms with Gasteiger partial charge in [-0.1, -0.05) is 29.8 Å². The lowest BCUT2D eigenvalue weighted by Gasteiger charge is -2.22. The zero-order chi connectivity index (χ0) is 21.3. The minimum atomic E-state index is -0.0812. The molecule has 2 aromatic carbocycles. The number of rotatable bonds is 7. The van der Waals surface area contributed by atoms with E-state index in [0.29, 0.717) is 29.6 Å². The fourth-order valence-electron chi connectivity index (χ4n) is 3.44. The van der Waals surface area contributed by atoms with Crippen LogP contribution in [0.1, 0.15) is 16.8 Å². The predicted molar refractivity (Wildman–Crippen MR) is 137 cm³/mol. The minimum absolute atomic E-state index is 0. The highest BCUT2D eigenvalue weighted by atomic mass is 127. The first kappa shape index (κ1) is 25.1. The van der Waals surface area contributed by atoms with Crippen LogP contribution < -0.4 is 25.6 Å². The van der Waals surface area contributed by atoms with E-state index < -0.39 is 0 Å². The van der Waals surface area contributed by atoms with Crippen molar-refractivity contribution in [3.8, 4) is 5.75 Å². The van der Waals surface area contributed by atoms with E-state index in [9.17, 15) is 4.79 Å². The number of ether oxygens (including phenoxy) is 1. The Morgan fingerprint density at radius 1 is 1.19 bits per heavy atom. The van der Waals surface area contributed by atoms with Crippen molar-refractivity contribution in [2.75, 3.05) is 45.2 Å².